The summed E-state index contributed by atoms with van der Waals surface area (Å²) < 4.78 is 5.01. The molecular formula is C10H14N2O2. The van der Waals surface area contributed by atoms with Gasteiger partial charge < -0.3 is 9.42 Å². The number of aldehydes is 1. The van der Waals surface area contributed by atoms with E-state index in [1.54, 1.807) is 0 Å². The fourth-order valence-electron chi connectivity index (χ4n) is 1.82. The van der Waals surface area contributed by atoms with E-state index >= 15 is 0 Å². The fourth-order valence-corrected chi connectivity index (χ4v) is 1.82. The molecular weight excluding hydrogens is 180 g/mol. The predicted octanol–water partition coefficient (Wildman–Crippen LogP) is 1.13. The normalized spacial score (nSPS) is 17.4. The van der Waals surface area contributed by atoms with E-state index in [4.69, 9.17) is 4.52 Å². The molecule has 0 amide bonds. The molecule has 0 radical (unpaired) electrons. The maximum absolute atomic E-state index is 10.6. The highest BCUT2D eigenvalue weighted by molar-refractivity contribution is 5.75. The second kappa shape index (κ2) is 4.37. The lowest BCUT2D eigenvalue weighted by Gasteiger charge is -2.12. The summed E-state index contributed by atoms with van der Waals surface area (Å²) in [6.45, 7) is 3.31. The molecule has 1 saturated heterocycles. The Hall–Kier alpha value is -1.16. The Kier molecular flexibility index (Phi) is 2.93. The molecule has 76 valence electrons. The third kappa shape index (κ3) is 2.01. The molecule has 0 spiro atoms. The van der Waals surface area contributed by atoms with E-state index in [9.17, 15) is 4.79 Å². The first-order valence-electron chi connectivity index (χ1n) is 5.01. The number of rotatable bonds is 4. The molecule has 0 unspecified atom stereocenters. The van der Waals surface area contributed by atoms with Gasteiger partial charge in [-0.2, -0.15) is 0 Å². The molecule has 2 rings (SSSR count). The third-order valence-electron chi connectivity index (χ3n) is 2.66. The highest BCUT2D eigenvalue weighted by Crippen LogP contribution is 2.11. The van der Waals surface area contributed by atoms with E-state index in [1.807, 2.05) is 0 Å². The van der Waals surface area contributed by atoms with Crippen LogP contribution in [0.2, 0.25) is 0 Å². The third-order valence-corrected chi connectivity index (χ3v) is 2.66. The molecule has 1 aromatic rings. The van der Waals surface area contributed by atoms with Crippen molar-refractivity contribution in [3.8, 4) is 0 Å². The molecule has 1 fully saturated rings. The Morgan fingerprint density at radius 1 is 1.50 bits per heavy atom. The minimum atomic E-state index is 0.587. The van der Waals surface area contributed by atoms with Gasteiger partial charge in [0.1, 0.15) is 5.76 Å². The summed E-state index contributed by atoms with van der Waals surface area (Å²) in [7, 11) is 0. The number of nitrogens with zero attached hydrogens (tertiary/aromatic N) is 2. The van der Waals surface area contributed by atoms with Crippen LogP contribution in [0.1, 0.15) is 29.0 Å². The van der Waals surface area contributed by atoms with Gasteiger partial charge in [-0.05, 0) is 25.9 Å². The molecule has 0 bridgehead atoms. The second-order valence-electron chi connectivity index (χ2n) is 3.62. The monoisotopic (exact) mass is 194 g/mol. The topological polar surface area (TPSA) is 46.3 Å². The average molecular weight is 194 g/mol. The standard InChI is InChI=1S/C10H14N2O2/c13-8-9-7-11-14-10(9)3-6-12-4-1-2-5-12/h7-8H,1-6H2. The summed E-state index contributed by atoms with van der Waals surface area (Å²) >= 11 is 0. The molecule has 0 atom stereocenters. The zero-order chi connectivity index (χ0) is 9.80. The van der Waals surface area contributed by atoms with Crippen LogP contribution in [0.5, 0.6) is 0 Å². The van der Waals surface area contributed by atoms with Crippen molar-refractivity contribution in [3.05, 3.63) is 17.5 Å². The maximum atomic E-state index is 10.6. The lowest BCUT2D eigenvalue weighted by molar-refractivity contribution is 0.112. The molecule has 2 heterocycles. The zero-order valence-corrected chi connectivity index (χ0v) is 8.11. The summed E-state index contributed by atoms with van der Waals surface area (Å²) in [5.41, 5.74) is 0.587. The van der Waals surface area contributed by atoms with Gasteiger partial charge in [-0.15, -0.1) is 0 Å². The Morgan fingerprint density at radius 3 is 3.00 bits per heavy atom. The van der Waals surface area contributed by atoms with Gasteiger partial charge in [0.2, 0.25) is 0 Å². The Labute approximate surface area is 82.9 Å². The van der Waals surface area contributed by atoms with Gasteiger partial charge >= 0.3 is 0 Å². The van der Waals surface area contributed by atoms with Gasteiger partial charge in [0, 0.05) is 13.0 Å². The number of aromatic nitrogens is 1. The van der Waals surface area contributed by atoms with Crippen molar-refractivity contribution < 1.29 is 9.32 Å². The highest BCUT2D eigenvalue weighted by Gasteiger charge is 2.13. The van der Waals surface area contributed by atoms with Crippen LogP contribution in [-0.2, 0) is 6.42 Å². The summed E-state index contributed by atoms with van der Waals surface area (Å²) in [6, 6.07) is 0. The van der Waals surface area contributed by atoms with Crippen LogP contribution in [-0.4, -0.2) is 36.0 Å². The minimum Gasteiger partial charge on any atom is -0.361 e. The molecule has 0 saturated carbocycles. The van der Waals surface area contributed by atoms with Crippen molar-refractivity contribution in [2.45, 2.75) is 19.3 Å². The molecule has 14 heavy (non-hydrogen) atoms. The van der Waals surface area contributed by atoms with Gasteiger partial charge in [0.25, 0.3) is 0 Å². The van der Waals surface area contributed by atoms with E-state index in [0.29, 0.717) is 11.3 Å². The number of likely N-dealkylation sites (tertiary alicyclic amines) is 1. The van der Waals surface area contributed by atoms with Crippen molar-refractivity contribution in [1.29, 1.82) is 0 Å². The van der Waals surface area contributed by atoms with E-state index < -0.39 is 0 Å². The summed E-state index contributed by atoms with van der Waals surface area (Å²) in [5, 5.41) is 3.61. The number of carbonyl (C=O) groups is 1. The molecule has 0 aromatic carbocycles. The van der Waals surface area contributed by atoms with Crippen molar-refractivity contribution in [1.82, 2.24) is 10.1 Å². The molecule has 4 nitrogen and oxygen atoms in total. The van der Waals surface area contributed by atoms with Crippen LogP contribution < -0.4 is 0 Å². The summed E-state index contributed by atoms with van der Waals surface area (Å²) in [5.74, 6) is 0.715. The van der Waals surface area contributed by atoms with E-state index in [0.717, 1.165) is 19.3 Å². The number of carbonyl (C=O) groups excluding carboxylic acids is 1. The number of hydrogen-bond donors (Lipinski definition) is 0. The van der Waals surface area contributed by atoms with E-state index in [1.165, 1.54) is 32.1 Å². The highest BCUT2D eigenvalue weighted by atomic mass is 16.5. The van der Waals surface area contributed by atoms with Gasteiger partial charge in [0.15, 0.2) is 6.29 Å². The molecule has 0 N–H and O–H groups in total. The van der Waals surface area contributed by atoms with E-state index in [2.05, 4.69) is 10.1 Å². The first-order chi connectivity index (χ1) is 6.90. The van der Waals surface area contributed by atoms with Crippen LogP contribution >= 0.6 is 0 Å². The van der Waals surface area contributed by atoms with Gasteiger partial charge in [0.05, 0.1) is 11.8 Å². The first kappa shape index (κ1) is 9.40. The molecule has 1 aromatic heterocycles. The molecule has 1 aliphatic heterocycles. The van der Waals surface area contributed by atoms with Crippen LogP contribution in [0.3, 0.4) is 0 Å². The quantitative estimate of drug-likeness (QED) is 0.674. The first-order valence-corrected chi connectivity index (χ1v) is 5.01. The Balaban J connectivity index is 1.87. The van der Waals surface area contributed by atoms with Gasteiger partial charge in [-0.1, -0.05) is 5.16 Å². The number of hydrogen-bond acceptors (Lipinski definition) is 4. The summed E-state index contributed by atoms with van der Waals surface area (Å²) in [4.78, 5) is 13.0. The molecule has 0 aliphatic carbocycles. The van der Waals surface area contributed by atoms with Gasteiger partial charge in [-0.25, -0.2) is 0 Å². The van der Waals surface area contributed by atoms with Crippen LogP contribution in [0, 0.1) is 0 Å². The van der Waals surface area contributed by atoms with Crippen molar-refractivity contribution in [2.75, 3.05) is 19.6 Å². The van der Waals surface area contributed by atoms with Gasteiger partial charge in [-0.3, -0.25) is 4.79 Å². The average Bonchev–Trinajstić information content (AvgIpc) is 2.85. The van der Waals surface area contributed by atoms with Crippen molar-refractivity contribution >= 4 is 6.29 Å². The minimum absolute atomic E-state index is 0.587. The SMILES string of the molecule is O=Cc1cnoc1CCN1CCCC1. The zero-order valence-electron chi connectivity index (χ0n) is 8.11. The lowest BCUT2D eigenvalue weighted by Crippen LogP contribution is -2.22. The smallest absolute Gasteiger partial charge is 0.155 e. The maximum Gasteiger partial charge on any atom is 0.155 e. The predicted molar refractivity (Wildman–Crippen MR) is 51.3 cm³/mol. The second-order valence-corrected chi connectivity index (χ2v) is 3.62. The Morgan fingerprint density at radius 2 is 2.29 bits per heavy atom. The molecule has 1 aliphatic rings. The largest absolute Gasteiger partial charge is 0.361 e. The van der Waals surface area contributed by atoms with Crippen LogP contribution in [0.25, 0.3) is 0 Å². The van der Waals surface area contributed by atoms with Crippen molar-refractivity contribution in [3.63, 3.8) is 0 Å². The van der Waals surface area contributed by atoms with Crippen LogP contribution in [0.4, 0.5) is 0 Å². The lowest BCUT2D eigenvalue weighted by atomic mass is 10.2. The Bertz CT molecular complexity index is 303. The van der Waals surface area contributed by atoms with Crippen LogP contribution in [0.15, 0.2) is 10.7 Å². The molecule has 4 heteroatoms. The fraction of sp³-hybridized carbons (Fsp3) is 0.600. The van der Waals surface area contributed by atoms with E-state index in [-0.39, 0.29) is 0 Å². The van der Waals surface area contributed by atoms with Crippen molar-refractivity contribution in [2.24, 2.45) is 0 Å². The summed E-state index contributed by atoms with van der Waals surface area (Å²) in [6.07, 6.45) is 5.64.